The molecular weight excluding hydrogens is 450 g/mol. The van der Waals surface area contributed by atoms with Gasteiger partial charge >= 0.3 is 6.03 Å². The van der Waals surface area contributed by atoms with Crippen molar-refractivity contribution in [2.45, 2.75) is 88.3 Å². The van der Waals surface area contributed by atoms with Crippen LogP contribution in [0.4, 0.5) is 4.79 Å². The third-order valence-electron chi connectivity index (χ3n) is 9.00. The molecule has 2 aliphatic carbocycles. The Morgan fingerprint density at radius 3 is 2.69 bits per heavy atom. The number of ether oxygens (including phenoxy) is 1. The number of fused-ring (bicyclic) bond motifs is 3. The van der Waals surface area contributed by atoms with Gasteiger partial charge in [-0.2, -0.15) is 5.10 Å². The molecule has 0 bridgehead atoms. The van der Waals surface area contributed by atoms with E-state index in [-0.39, 0.29) is 11.4 Å². The summed E-state index contributed by atoms with van der Waals surface area (Å²) in [6, 6.07) is 11.1. The molecule has 1 aromatic carbocycles. The van der Waals surface area contributed by atoms with Gasteiger partial charge in [-0.1, -0.05) is 6.42 Å². The first kappa shape index (κ1) is 22.1. The number of hydrogen-bond acceptors (Lipinski definition) is 4. The maximum absolute atomic E-state index is 12.8. The second-order valence-electron chi connectivity index (χ2n) is 11.4. The maximum Gasteiger partial charge on any atom is 0.317 e. The molecule has 2 saturated carbocycles. The Morgan fingerprint density at radius 2 is 1.86 bits per heavy atom. The number of aromatic nitrogens is 3. The van der Waals surface area contributed by atoms with Gasteiger partial charge < -0.3 is 15.0 Å². The van der Waals surface area contributed by atoms with E-state index in [1.165, 1.54) is 31.4 Å². The fraction of sp³-hybridized carbons (Fsp3) is 0.552. The fourth-order valence-electron chi connectivity index (χ4n) is 6.58. The van der Waals surface area contributed by atoms with E-state index >= 15 is 0 Å². The van der Waals surface area contributed by atoms with E-state index in [1.54, 1.807) is 0 Å². The number of carbonyl (C=O) groups is 1. The van der Waals surface area contributed by atoms with Gasteiger partial charge in [0.15, 0.2) is 0 Å². The molecule has 0 radical (unpaired) electrons. The minimum atomic E-state index is 0.0213. The summed E-state index contributed by atoms with van der Waals surface area (Å²) in [6.45, 7) is 2.52. The molecule has 2 aliphatic heterocycles. The molecule has 2 amide bonds. The van der Waals surface area contributed by atoms with Crippen molar-refractivity contribution in [3.05, 3.63) is 42.2 Å². The van der Waals surface area contributed by atoms with Crippen molar-refractivity contribution < 1.29 is 9.53 Å². The number of pyridine rings is 1. The molecule has 3 aromatic rings. The van der Waals surface area contributed by atoms with Gasteiger partial charge in [0, 0.05) is 53.9 Å². The number of amides is 2. The van der Waals surface area contributed by atoms with Gasteiger partial charge in [0.25, 0.3) is 0 Å². The van der Waals surface area contributed by atoms with Crippen LogP contribution in [0.2, 0.25) is 0 Å². The number of nitrogens with one attached hydrogen (secondary N) is 1. The predicted octanol–water partition coefficient (Wildman–Crippen LogP) is 5.42. The summed E-state index contributed by atoms with van der Waals surface area (Å²) in [5.41, 5.74) is 4.27. The maximum atomic E-state index is 12.8. The van der Waals surface area contributed by atoms with Crippen LogP contribution < -0.4 is 10.1 Å². The lowest BCUT2D eigenvalue weighted by molar-refractivity contribution is 0.155. The van der Waals surface area contributed by atoms with E-state index < -0.39 is 0 Å². The largest absolute Gasteiger partial charge is 0.490 e. The van der Waals surface area contributed by atoms with E-state index in [0.29, 0.717) is 12.1 Å². The smallest absolute Gasteiger partial charge is 0.317 e. The van der Waals surface area contributed by atoms with Crippen molar-refractivity contribution >= 4 is 16.9 Å². The number of urea groups is 1. The average molecular weight is 486 g/mol. The van der Waals surface area contributed by atoms with Crippen LogP contribution in [0.15, 0.2) is 36.5 Å². The molecule has 3 fully saturated rings. The number of hydrogen-bond donors (Lipinski definition) is 1. The number of benzene rings is 1. The molecular formula is C29H35N5O2. The van der Waals surface area contributed by atoms with Crippen molar-refractivity contribution in [2.75, 3.05) is 13.1 Å². The van der Waals surface area contributed by atoms with Gasteiger partial charge in [0.2, 0.25) is 0 Å². The van der Waals surface area contributed by atoms with E-state index in [9.17, 15) is 4.79 Å². The monoisotopic (exact) mass is 485 g/mol. The number of aryl methyl sites for hydroxylation is 1. The highest BCUT2D eigenvalue weighted by Gasteiger charge is 2.47. The Labute approximate surface area is 212 Å². The molecule has 7 rings (SSSR count). The predicted molar refractivity (Wildman–Crippen MR) is 139 cm³/mol. The van der Waals surface area contributed by atoms with Crippen LogP contribution in [0.25, 0.3) is 22.2 Å². The molecule has 2 aromatic heterocycles. The molecule has 4 aliphatic rings. The molecule has 1 saturated heterocycles. The van der Waals surface area contributed by atoms with Crippen LogP contribution in [0.5, 0.6) is 5.75 Å². The zero-order valence-corrected chi connectivity index (χ0v) is 20.9. The first-order valence-corrected chi connectivity index (χ1v) is 13.9. The van der Waals surface area contributed by atoms with E-state index in [1.807, 2.05) is 17.2 Å². The summed E-state index contributed by atoms with van der Waals surface area (Å²) in [7, 11) is 0. The zero-order valence-electron chi connectivity index (χ0n) is 20.9. The number of likely N-dealkylation sites (tertiary alicyclic amines) is 1. The van der Waals surface area contributed by atoms with Gasteiger partial charge in [-0.3, -0.25) is 9.67 Å². The molecule has 4 heterocycles. The summed E-state index contributed by atoms with van der Waals surface area (Å²) in [5, 5.41) is 9.27. The van der Waals surface area contributed by atoms with Gasteiger partial charge in [-0.15, -0.1) is 0 Å². The Kier molecular flexibility index (Phi) is 5.40. The lowest BCUT2D eigenvalue weighted by Gasteiger charge is -2.30. The second-order valence-corrected chi connectivity index (χ2v) is 11.4. The van der Waals surface area contributed by atoms with Gasteiger partial charge in [0.05, 0.1) is 17.3 Å². The molecule has 1 atom stereocenters. The minimum absolute atomic E-state index is 0.0213. The topological polar surface area (TPSA) is 72.3 Å². The fourth-order valence-corrected chi connectivity index (χ4v) is 6.58. The first-order valence-electron chi connectivity index (χ1n) is 13.9. The summed E-state index contributed by atoms with van der Waals surface area (Å²) < 4.78 is 8.46. The SMILES string of the molecule is O=C(NC1CCC1)N1CCC2(CCn3nc(-c4cnc5ccc(OC6CCCCC6)cc5c4)cc32)C1. The van der Waals surface area contributed by atoms with Crippen LogP contribution in [-0.2, 0) is 12.0 Å². The van der Waals surface area contributed by atoms with Crippen molar-refractivity contribution in [1.82, 2.24) is 25.0 Å². The van der Waals surface area contributed by atoms with Crippen molar-refractivity contribution in [2.24, 2.45) is 0 Å². The Morgan fingerprint density at radius 1 is 1.00 bits per heavy atom. The van der Waals surface area contributed by atoms with E-state index in [0.717, 1.165) is 86.1 Å². The number of rotatable bonds is 4. The van der Waals surface area contributed by atoms with E-state index in [4.69, 9.17) is 14.8 Å². The van der Waals surface area contributed by atoms with Crippen LogP contribution >= 0.6 is 0 Å². The number of nitrogens with zero attached hydrogens (tertiary/aromatic N) is 4. The van der Waals surface area contributed by atoms with Gasteiger partial charge in [-0.05, 0) is 88.1 Å². The minimum Gasteiger partial charge on any atom is -0.490 e. The molecule has 36 heavy (non-hydrogen) atoms. The van der Waals surface area contributed by atoms with Crippen molar-refractivity contribution in [1.29, 1.82) is 0 Å². The standard InChI is InChI=1S/C29H35N5O2/c35-28(31-22-5-4-6-22)33-13-11-29(19-33)12-14-34-27(29)17-26(32-34)21-15-20-16-24(9-10-25(20)30-18-21)36-23-7-2-1-3-8-23/h9-10,15-18,22-23H,1-8,11-14,19H2,(H,31,35). The lowest BCUT2D eigenvalue weighted by atomic mass is 9.82. The quantitative estimate of drug-likeness (QED) is 0.536. The van der Waals surface area contributed by atoms with Gasteiger partial charge in [0.1, 0.15) is 5.75 Å². The third kappa shape index (κ3) is 3.93. The van der Waals surface area contributed by atoms with Crippen molar-refractivity contribution in [3.8, 4) is 17.0 Å². The Hall–Kier alpha value is -3.09. The first-order chi connectivity index (χ1) is 17.6. The van der Waals surface area contributed by atoms with Crippen LogP contribution in [0.3, 0.4) is 0 Å². The Bertz CT molecular complexity index is 1290. The third-order valence-corrected chi connectivity index (χ3v) is 9.00. The second kappa shape index (κ2) is 8.79. The summed E-state index contributed by atoms with van der Waals surface area (Å²) >= 11 is 0. The normalized spacial score (nSPS) is 24.3. The molecule has 1 spiro atoms. The molecule has 1 N–H and O–H groups in total. The molecule has 1 unspecified atom stereocenters. The van der Waals surface area contributed by atoms with Crippen LogP contribution in [-0.4, -0.2) is 50.9 Å². The van der Waals surface area contributed by atoms with Crippen LogP contribution in [0.1, 0.15) is 69.9 Å². The van der Waals surface area contributed by atoms with E-state index in [2.05, 4.69) is 34.3 Å². The molecule has 7 nitrogen and oxygen atoms in total. The highest BCUT2D eigenvalue weighted by Crippen LogP contribution is 2.44. The van der Waals surface area contributed by atoms with Gasteiger partial charge in [-0.25, -0.2) is 4.79 Å². The highest BCUT2D eigenvalue weighted by atomic mass is 16.5. The van der Waals surface area contributed by atoms with Crippen LogP contribution in [0, 0.1) is 0 Å². The number of carbonyl (C=O) groups excluding carboxylic acids is 1. The summed E-state index contributed by atoms with van der Waals surface area (Å²) in [5.74, 6) is 0.936. The zero-order chi connectivity index (χ0) is 24.1. The lowest BCUT2D eigenvalue weighted by Crippen LogP contribution is -2.47. The summed E-state index contributed by atoms with van der Waals surface area (Å²) in [6.07, 6.45) is 14.0. The summed E-state index contributed by atoms with van der Waals surface area (Å²) in [4.78, 5) is 19.5. The Balaban J connectivity index is 1.11. The molecule has 188 valence electrons. The highest BCUT2D eigenvalue weighted by molar-refractivity contribution is 5.84. The molecule has 7 heteroatoms. The van der Waals surface area contributed by atoms with Crippen molar-refractivity contribution in [3.63, 3.8) is 0 Å². The average Bonchev–Trinajstić information content (AvgIpc) is 3.58.